The normalized spacial score (nSPS) is 14.8. The molecule has 1 fully saturated rings. The summed E-state index contributed by atoms with van der Waals surface area (Å²) in [6.07, 6.45) is 1.41. The third kappa shape index (κ3) is 5.13. The topological polar surface area (TPSA) is 84.9 Å². The number of methoxy groups -OCH3 is 1. The molecule has 30 heavy (non-hydrogen) atoms. The number of rotatable bonds is 6. The van der Waals surface area contributed by atoms with Crippen LogP contribution >= 0.6 is 39.1 Å². The summed E-state index contributed by atoms with van der Waals surface area (Å²) >= 11 is 16.0. The van der Waals surface area contributed by atoms with Crippen LogP contribution < -0.4 is 10.1 Å². The number of nitrogens with one attached hydrogen (secondary N) is 1. The molecule has 1 heterocycles. The Labute approximate surface area is 190 Å². The quantitative estimate of drug-likeness (QED) is 0.351. The van der Waals surface area contributed by atoms with E-state index in [1.807, 2.05) is 24.3 Å². The van der Waals surface area contributed by atoms with Gasteiger partial charge in [0.2, 0.25) is 0 Å². The van der Waals surface area contributed by atoms with Crippen LogP contribution in [0.4, 0.5) is 4.79 Å². The van der Waals surface area contributed by atoms with E-state index < -0.39 is 24.5 Å². The number of imide groups is 1. The van der Waals surface area contributed by atoms with Crippen LogP contribution in [-0.2, 0) is 20.9 Å². The molecule has 2 aromatic carbocycles. The minimum atomic E-state index is -0.719. The first-order valence-electron chi connectivity index (χ1n) is 8.56. The molecule has 0 aromatic heterocycles. The highest BCUT2D eigenvalue weighted by molar-refractivity contribution is 9.10. The van der Waals surface area contributed by atoms with Gasteiger partial charge in [0.1, 0.15) is 18.8 Å². The first-order chi connectivity index (χ1) is 14.3. The van der Waals surface area contributed by atoms with Crippen molar-refractivity contribution in [3.8, 4) is 5.75 Å². The van der Waals surface area contributed by atoms with Crippen LogP contribution in [0.1, 0.15) is 11.1 Å². The largest absolute Gasteiger partial charge is 0.486 e. The van der Waals surface area contributed by atoms with Crippen LogP contribution in [0.3, 0.4) is 0 Å². The Morgan fingerprint density at radius 1 is 1.17 bits per heavy atom. The summed E-state index contributed by atoms with van der Waals surface area (Å²) in [5.74, 6) is -1.07. The number of esters is 1. The zero-order valence-corrected chi connectivity index (χ0v) is 18.7. The van der Waals surface area contributed by atoms with Gasteiger partial charge >= 0.3 is 12.0 Å². The van der Waals surface area contributed by atoms with Crippen LogP contribution in [-0.4, -0.2) is 36.5 Å². The summed E-state index contributed by atoms with van der Waals surface area (Å²) < 4.78 is 11.2. The smallest absolute Gasteiger partial charge is 0.329 e. The number of benzene rings is 2. The lowest BCUT2D eigenvalue weighted by molar-refractivity contribution is -0.143. The number of ether oxygens (including phenoxy) is 2. The van der Waals surface area contributed by atoms with Crippen LogP contribution in [0.2, 0.25) is 10.0 Å². The predicted molar refractivity (Wildman–Crippen MR) is 115 cm³/mol. The molecule has 1 aliphatic heterocycles. The first kappa shape index (κ1) is 22.1. The molecule has 0 unspecified atom stereocenters. The van der Waals surface area contributed by atoms with Gasteiger partial charge in [0, 0.05) is 4.47 Å². The van der Waals surface area contributed by atoms with Crippen molar-refractivity contribution in [2.24, 2.45) is 0 Å². The Morgan fingerprint density at radius 3 is 2.40 bits per heavy atom. The van der Waals surface area contributed by atoms with E-state index in [2.05, 4.69) is 26.0 Å². The number of hydrogen-bond acceptors (Lipinski definition) is 5. The number of carbonyl (C=O) groups excluding carboxylic acids is 3. The fraction of sp³-hybridized carbons (Fsp3) is 0.150. The monoisotopic (exact) mass is 512 g/mol. The average Bonchev–Trinajstić information content (AvgIpc) is 2.96. The minimum Gasteiger partial charge on any atom is -0.486 e. The number of amides is 3. The van der Waals surface area contributed by atoms with Gasteiger partial charge in [-0.2, -0.15) is 0 Å². The van der Waals surface area contributed by atoms with E-state index in [1.54, 1.807) is 12.1 Å². The van der Waals surface area contributed by atoms with Crippen LogP contribution in [0.5, 0.6) is 5.75 Å². The van der Waals surface area contributed by atoms with E-state index in [0.29, 0.717) is 11.3 Å². The van der Waals surface area contributed by atoms with Gasteiger partial charge in [0.05, 0.1) is 17.2 Å². The Kier molecular flexibility index (Phi) is 7.02. The van der Waals surface area contributed by atoms with Gasteiger partial charge in [-0.3, -0.25) is 9.59 Å². The van der Waals surface area contributed by atoms with E-state index in [0.717, 1.165) is 14.9 Å². The maximum Gasteiger partial charge on any atom is 0.329 e. The Balaban J connectivity index is 1.76. The number of carbonyl (C=O) groups is 3. The number of halogens is 3. The molecule has 10 heteroatoms. The van der Waals surface area contributed by atoms with Gasteiger partial charge in [-0.05, 0) is 41.5 Å². The minimum absolute atomic E-state index is 0.0143. The number of urea groups is 1. The van der Waals surface area contributed by atoms with Crippen molar-refractivity contribution in [1.82, 2.24) is 10.2 Å². The van der Waals surface area contributed by atoms with E-state index in [9.17, 15) is 14.4 Å². The number of hydrogen-bond donors (Lipinski definition) is 1. The lowest BCUT2D eigenvalue weighted by atomic mass is 10.1. The molecular formula is C20H15BrCl2N2O5. The van der Waals surface area contributed by atoms with Gasteiger partial charge in [-0.1, -0.05) is 51.3 Å². The molecule has 7 nitrogen and oxygen atoms in total. The molecule has 0 saturated carbocycles. The number of nitrogens with zero attached hydrogens (tertiary/aromatic N) is 1. The highest BCUT2D eigenvalue weighted by Crippen LogP contribution is 2.35. The fourth-order valence-corrected chi connectivity index (χ4v) is 3.49. The molecule has 0 spiro atoms. The van der Waals surface area contributed by atoms with Crippen LogP contribution in [0.25, 0.3) is 6.08 Å². The van der Waals surface area contributed by atoms with Gasteiger partial charge in [-0.25, -0.2) is 9.69 Å². The standard InChI is InChI=1S/C20H15BrCl2N2O5/c1-29-17(26)9-25-19(27)16(24-20(25)28)8-12-6-14(22)18(15(23)7-12)30-10-11-2-4-13(21)5-3-11/h2-8H,9-10H2,1H3,(H,24,28)/b16-8+. The van der Waals surface area contributed by atoms with E-state index in [-0.39, 0.29) is 22.3 Å². The van der Waals surface area contributed by atoms with Crippen molar-refractivity contribution >= 4 is 63.1 Å². The Hall–Kier alpha value is -2.55. The molecule has 1 aliphatic rings. The van der Waals surface area contributed by atoms with Crippen molar-refractivity contribution in [3.05, 3.63) is 67.7 Å². The molecule has 1 N–H and O–H groups in total. The predicted octanol–water partition coefficient (Wildman–Crippen LogP) is 4.40. The third-order valence-corrected chi connectivity index (χ3v) is 5.20. The zero-order valence-electron chi connectivity index (χ0n) is 15.6. The van der Waals surface area contributed by atoms with Gasteiger partial charge in [-0.15, -0.1) is 0 Å². The third-order valence-electron chi connectivity index (χ3n) is 4.11. The van der Waals surface area contributed by atoms with Gasteiger partial charge < -0.3 is 14.8 Å². The van der Waals surface area contributed by atoms with E-state index >= 15 is 0 Å². The average molecular weight is 514 g/mol. The zero-order chi connectivity index (χ0) is 21.8. The maximum atomic E-state index is 12.4. The van der Waals surface area contributed by atoms with Crippen molar-refractivity contribution < 1.29 is 23.9 Å². The van der Waals surface area contributed by atoms with Crippen molar-refractivity contribution in [3.63, 3.8) is 0 Å². The molecule has 156 valence electrons. The lowest BCUT2D eigenvalue weighted by Crippen LogP contribution is -2.36. The molecule has 3 amide bonds. The second-order valence-electron chi connectivity index (χ2n) is 6.18. The molecule has 1 saturated heterocycles. The first-order valence-corrected chi connectivity index (χ1v) is 10.1. The van der Waals surface area contributed by atoms with Crippen molar-refractivity contribution in [1.29, 1.82) is 0 Å². The van der Waals surface area contributed by atoms with Gasteiger partial charge in [0.25, 0.3) is 5.91 Å². The molecule has 0 radical (unpaired) electrons. The summed E-state index contributed by atoms with van der Waals surface area (Å²) in [6.45, 7) is -0.215. The van der Waals surface area contributed by atoms with Gasteiger partial charge in [0.15, 0.2) is 5.75 Å². The summed E-state index contributed by atoms with van der Waals surface area (Å²) in [5.41, 5.74) is 1.39. The van der Waals surface area contributed by atoms with E-state index in [1.165, 1.54) is 13.2 Å². The Morgan fingerprint density at radius 2 is 1.80 bits per heavy atom. The van der Waals surface area contributed by atoms with E-state index in [4.69, 9.17) is 27.9 Å². The highest BCUT2D eigenvalue weighted by atomic mass is 79.9. The highest BCUT2D eigenvalue weighted by Gasteiger charge is 2.35. The SMILES string of the molecule is COC(=O)CN1C(=O)N/C(=C/c2cc(Cl)c(OCc3ccc(Br)cc3)c(Cl)c2)C1=O. The molecular weight excluding hydrogens is 499 g/mol. The molecule has 0 bridgehead atoms. The summed E-state index contributed by atoms with van der Waals surface area (Å²) in [4.78, 5) is 36.4. The Bertz CT molecular complexity index is 1020. The van der Waals surface area contributed by atoms with Crippen molar-refractivity contribution in [2.45, 2.75) is 6.61 Å². The molecule has 2 aromatic rings. The molecule has 3 rings (SSSR count). The second kappa shape index (κ2) is 9.51. The van der Waals surface area contributed by atoms with Crippen molar-refractivity contribution in [2.75, 3.05) is 13.7 Å². The summed E-state index contributed by atoms with van der Waals surface area (Å²) in [5, 5.41) is 2.90. The van der Waals surface area contributed by atoms with Crippen LogP contribution in [0.15, 0.2) is 46.6 Å². The molecule has 0 atom stereocenters. The fourth-order valence-electron chi connectivity index (χ4n) is 2.61. The van der Waals surface area contributed by atoms with Crippen LogP contribution in [0, 0.1) is 0 Å². The summed E-state index contributed by atoms with van der Waals surface area (Å²) in [6, 6.07) is 9.99. The summed E-state index contributed by atoms with van der Waals surface area (Å²) in [7, 11) is 1.17. The maximum absolute atomic E-state index is 12.4. The second-order valence-corrected chi connectivity index (χ2v) is 7.91. The lowest BCUT2D eigenvalue weighted by Gasteiger charge is -2.11. The molecule has 0 aliphatic carbocycles.